The Morgan fingerprint density at radius 3 is 2.66 bits per heavy atom. The second-order valence-electron chi connectivity index (χ2n) is 7.57. The molecule has 162 valence electrons. The molecule has 3 aromatic heterocycles. The second-order valence-corrected chi connectivity index (χ2v) is 8.88. The molecular formula is C23H22N6O2S. The van der Waals surface area contributed by atoms with Gasteiger partial charge in [0, 0.05) is 6.42 Å². The minimum Gasteiger partial charge on any atom is -0.338 e. The highest BCUT2D eigenvalue weighted by atomic mass is 32.2. The fourth-order valence-electron chi connectivity index (χ4n) is 3.68. The number of aryl methyl sites for hydroxylation is 1. The fraction of sp³-hybridized carbons (Fsp3) is 0.261. The normalized spacial score (nSPS) is 12.6. The van der Waals surface area contributed by atoms with Gasteiger partial charge in [-0.2, -0.15) is 4.98 Å². The molecule has 0 N–H and O–H groups in total. The Balaban J connectivity index is 1.61. The van der Waals surface area contributed by atoms with Gasteiger partial charge in [0.25, 0.3) is 5.56 Å². The van der Waals surface area contributed by atoms with E-state index < -0.39 is 0 Å². The van der Waals surface area contributed by atoms with E-state index in [0.717, 1.165) is 23.9 Å². The van der Waals surface area contributed by atoms with Crippen molar-refractivity contribution in [1.82, 2.24) is 29.3 Å². The summed E-state index contributed by atoms with van der Waals surface area (Å²) >= 11 is 1.48. The Morgan fingerprint density at radius 1 is 1.06 bits per heavy atom. The summed E-state index contributed by atoms with van der Waals surface area (Å²) in [6.07, 6.45) is 1.74. The van der Waals surface area contributed by atoms with Gasteiger partial charge in [0.05, 0.1) is 22.7 Å². The first kappa shape index (κ1) is 20.4. The monoisotopic (exact) mass is 446 g/mol. The third-order valence-electron chi connectivity index (χ3n) is 5.25. The van der Waals surface area contributed by atoms with Gasteiger partial charge in [-0.05, 0) is 31.0 Å². The highest BCUT2D eigenvalue weighted by Crippen LogP contribution is 2.34. The predicted octanol–water partition coefficient (Wildman–Crippen LogP) is 4.28. The molecule has 2 aromatic carbocycles. The topological polar surface area (TPSA) is 91.1 Å². The number of hydrogen-bond donors (Lipinski definition) is 0. The van der Waals surface area contributed by atoms with Crippen LogP contribution < -0.4 is 5.56 Å². The van der Waals surface area contributed by atoms with Gasteiger partial charge in [-0.1, -0.05) is 66.3 Å². The van der Waals surface area contributed by atoms with Gasteiger partial charge >= 0.3 is 0 Å². The van der Waals surface area contributed by atoms with Crippen LogP contribution in [0.2, 0.25) is 0 Å². The zero-order valence-corrected chi connectivity index (χ0v) is 18.6. The van der Waals surface area contributed by atoms with Crippen molar-refractivity contribution in [1.29, 1.82) is 0 Å². The average molecular weight is 447 g/mol. The van der Waals surface area contributed by atoms with Crippen LogP contribution in [-0.4, -0.2) is 29.3 Å². The Labute approximate surface area is 188 Å². The molecule has 5 rings (SSSR count). The molecule has 0 spiro atoms. The largest absolute Gasteiger partial charge is 0.338 e. The highest BCUT2D eigenvalue weighted by molar-refractivity contribution is 7.99. The molecule has 0 aliphatic heterocycles. The lowest BCUT2D eigenvalue weighted by atomic mass is 10.2. The lowest BCUT2D eigenvalue weighted by Gasteiger charge is -2.12. The van der Waals surface area contributed by atoms with Crippen molar-refractivity contribution in [2.24, 2.45) is 0 Å². The van der Waals surface area contributed by atoms with Crippen molar-refractivity contribution in [3.05, 3.63) is 82.2 Å². The van der Waals surface area contributed by atoms with Crippen LogP contribution in [-0.2, 0) is 13.0 Å². The third-order valence-corrected chi connectivity index (χ3v) is 6.28. The van der Waals surface area contributed by atoms with E-state index in [2.05, 4.69) is 27.3 Å². The zero-order chi connectivity index (χ0) is 22.1. The maximum Gasteiger partial charge on any atom is 0.263 e. The Bertz CT molecular complexity index is 1440. The van der Waals surface area contributed by atoms with E-state index in [-0.39, 0.29) is 10.8 Å². The Hall–Kier alpha value is -3.46. The van der Waals surface area contributed by atoms with E-state index in [0.29, 0.717) is 34.6 Å². The summed E-state index contributed by atoms with van der Waals surface area (Å²) in [7, 11) is 0. The summed E-state index contributed by atoms with van der Waals surface area (Å²) in [4.78, 5) is 17.8. The molecule has 32 heavy (non-hydrogen) atoms. The predicted molar refractivity (Wildman–Crippen MR) is 123 cm³/mol. The summed E-state index contributed by atoms with van der Waals surface area (Å²) in [6, 6.07) is 17.4. The first-order valence-electron chi connectivity index (χ1n) is 10.6. The molecule has 1 unspecified atom stereocenters. The van der Waals surface area contributed by atoms with Crippen LogP contribution in [0.5, 0.6) is 0 Å². The number of fused-ring (bicyclic) bond motifs is 3. The number of benzene rings is 2. The average Bonchev–Trinajstić information content (AvgIpc) is 3.45. The maximum atomic E-state index is 13.3. The molecule has 0 amide bonds. The van der Waals surface area contributed by atoms with Crippen molar-refractivity contribution in [2.75, 3.05) is 0 Å². The van der Waals surface area contributed by atoms with Crippen LogP contribution in [0.3, 0.4) is 0 Å². The van der Waals surface area contributed by atoms with E-state index in [4.69, 9.17) is 4.52 Å². The first-order chi connectivity index (χ1) is 15.7. The van der Waals surface area contributed by atoms with Crippen LogP contribution in [0.25, 0.3) is 16.7 Å². The molecule has 0 fully saturated rings. The molecule has 9 heteroatoms. The molecule has 1 atom stereocenters. The first-order valence-corrected chi connectivity index (χ1v) is 11.4. The standard InChI is InChI=1S/C23H22N6O2S/c1-3-9-19-24-20(31-27-19)15(2)32-23-26-25-22-28(14-16-10-5-4-6-11-16)21(30)17-12-7-8-13-18(17)29(22)23/h4-8,10-13,15H,3,9,14H2,1-2H3. The van der Waals surface area contributed by atoms with E-state index >= 15 is 0 Å². The minimum atomic E-state index is -0.117. The Kier molecular flexibility index (Phi) is 5.48. The van der Waals surface area contributed by atoms with Crippen molar-refractivity contribution >= 4 is 28.4 Å². The van der Waals surface area contributed by atoms with Crippen molar-refractivity contribution in [2.45, 2.75) is 43.6 Å². The molecule has 0 bridgehead atoms. The SMILES string of the molecule is CCCc1noc(C(C)Sc2nnc3n(Cc4ccccc4)c(=O)c4ccccc4n23)n1. The van der Waals surface area contributed by atoms with Crippen LogP contribution in [0.1, 0.15) is 42.8 Å². The number of hydrogen-bond acceptors (Lipinski definition) is 7. The lowest BCUT2D eigenvalue weighted by molar-refractivity contribution is 0.374. The van der Waals surface area contributed by atoms with Crippen LogP contribution in [0.4, 0.5) is 0 Å². The maximum absolute atomic E-state index is 13.3. The summed E-state index contributed by atoms with van der Waals surface area (Å²) < 4.78 is 9.06. The molecule has 0 aliphatic carbocycles. The number of nitrogens with zero attached hydrogens (tertiary/aromatic N) is 6. The number of para-hydroxylation sites is 1. The highest BCUT2D eigenvalue weighted by Gasteiger charge is 2.22. The zero-order valence-electron chi connectivity index (χ0n) is 17.8. The number of thioether (sulfide) groups is 1. The number of rotatable bonds is 7. The summed E-state index contributed by atoms with van der Waals surface area (Å²) in [5, 5.41) is 14.0. The minimum absolute atomic E-state index is 0.0879. The van der Waals surface area contributed by atoms with Gasteiger partial charge in [-0.15, -0.1) is 10.2 Å². The van der Waals surface area contributed by atoms with Gasteiger partial charge in [-0.25, -0.2) is 0 Å². The molecule has 0 aliphatic rings. The van der Waals surface area contributed by atoms with Crippen molar-refractivity contribution < 1.29 is 4.52 Å². The molecule has 8 nitrogen and oxygen atoms in total. The van der Waals surface area contributed by atoms with E-state index in [1.54, 1.807) is 4.57 Å². The molecular weight excluding hydrogens is 424 g/mol. The van der Waals surface area contributed by atoms with E-state index in [1.165, 1.54) is 11.8 Å². The van der Waals surface area contributed by atoms with Gasteiger partial charge in [0.1, 0.15) is 0 Å². The van der Waals surface area contributed by atoms with Gasteiger partial charge in [0.15, 0.2) is 11.0 Å². The lowest BCUT2D eigenvalue weighted by Crippen LogP contribution is -2.24. The van der Waals surface area contributed by atoms with E-state index in [9.17, 15) is 4.79 Å². The summed E-state index contributed by atoms with van der Waals surface area (Å²) in [5.41, 5.74) is 1.70. The molecule has 0 radical (unpaired) electrons. The number of aromatic nitrogens is 6. The molecule has 0 saturated heterocycles. The smallest absolute Gasteiger partial charge is 0.263 e. The molecule has 3 heterocycles. The van der Waals surface area contributed by atoms with Crippen molar-refractivity contribution in [3.8, 4) is 0 Å². The summed E-state index contributed by atoms with van der Waals surface area (Å²) in [6.45, 7) is 4.49. The van der Waals surface area contributed by atoms with Gasteiger partial charge in [0.2, 0.25) is 11.7 Å². The fourth-order valence-corrected chi connectivity index (χ4v) is 4.57. The quantitative estimate of drug-likeness (QED) is 0.345. The Morgan fingerprint density at radius 2 is 1.84 bits per heavy atom. The van der Waals surface area contributed by atoms with E-state index in [1.807, 2.05) is 65.9 Å². The van der Waals surface area contributed by atoms with Crippen LogP contribution >= 0.6 is 11.8 Å². The van der Waals surface area contributed by atoms with Crippen molar-refractivity contribution in [3.63, 3.8) is 0 Å². The van der Waals surface area contributed by atoms with Gasteiger partial charge in [-0.3, -0.25) is 13.8 Å². The van der Waals surface area contributed by atoms with Crippen LogP contribution in [0, 0.1) is 0 Å². The van der Waals surface area contributed by atoms with Crippen LogP contribution in [0.15, 0.2) is 69.1 Å². The molecule has 5 aromatic rings. The van der Waals surface area contributed by atoms with Gasteiger partial charge < -0.3 is 4.52 Å². The molecule has 0 saturated carbocycles. The third kappa shape index (κ3) is 3.69. The summed E-state index contributed by atoms with van der Waals surface area (Å²) in [5.74, 6) is 1.77. The second kappa shape index (κ2) is 8.58.